The summed E-state index contributed by atoms with van der Waals surface area (Å²) in [4.78, 5) is 28.6. The van der Waals surface area contributed by atoms with Gasteiger partial charge in [-0.2, -0.15) is 0 Å². The molecule has 0 saturated heterocycles. The van der Waals surface area contributed by atoms with Gasteiger partial charge in [-0.1, -0.05) is 18.7 Å². The predicted molar refractivity (Wildman–Crippen MR) is 131 cm³/mol. The van der Waals surface area contributed by atoms with Gasteiger partial charge in [-0.15, -0.1) is 0 Å². The molecule has 0 bridgehead atoms. The van der Waals surface area contributed by atoms with Gasteiger partial charge in [0.1, 0.15) is 11.4 Å². The number of allylic oxidation sites excluding steroid dienone is 4. The lowest BCUT2D eigenvalue weighted by atomic mass is 10.1. The van der Waals surface area contributed by atoms with E-state index in [0.717, 1.165) is 0 Å². The predicted octanol–water partition coefficient (Wildman–Crippen LogP) is 4.74. The summed E-state index contributed by atoms with van der Waals surface area (Å²) in [5, 5.41) is 9.36. The number of anilines is 2. The zero-order valence-electron chi connectivity index (χ0n) is 18.4. The number of rotatable bonds is 7. The number of ether oxygens (including phenoxy) is 1. The number of aromatic nitrogens is 1. The summed E-state index contributed by atoms with van der Waals surface area (Å²) in [6, 6.07) is 11.7. The smallest absolute Gasteiger partial charge is 0.323 e. The van der Waals surface area contributed by atoms with E-state index in [-0.39, 0.29) is 17.6 Å². The van der Waals surface area contributed by atoms with Gasteiger partial charge in [0.15, 0.2) is 5.75 Å². The largest absolute Gasteiger partial charge is 0.455 e. The lowest BCUT2D eigenvalue weighted by molar-refractivity contribution is 0.0960. The Hall–Kier alpha value is -4.59. The molecular weight excluding hydrogens is 418 g/mol. The molecule has 8 nitrogen and oxygen atoms in total. The van der Waals surface area contributed by atoms with Crippen molar-refractivity contribution in [2.45, 2.75) is 6.92 Å². The van der Waals surface area contributed by atoms with Crippen LogP contribution in [0, 0.1) is 0 Å². The van der Waals surface area contributed by atoms with Gasteiger partial charge in [-0.3, -0.25) is 4.79 Å². The molecule has 0 radical (unpaired) electrons. The highest BCUT2D eigenvalue weighted by molar-refractivity contribution is 6.07. The standard InChI is InChI=1S/C25H25N5O3/c1-4-6-17(7-5-2)29-25(32)30-18-9-11-19(12-10-18)33-22-15-28-23(24(31)27-3)21-14-16(26)8-13-20(21)22/h4-15H,1,26H2,2-3H3,(H,27,31)(H2,29,30,32)/b7-5-,17-6+. The highest BCUT2D eigenvalue weighted by atomic mass is 16.5. The Balaban J connectivity index is 1.77. The van der Waals surface area contributed by atoms with Crippen molar-refractivity contribution in [3.63, 3.8) is 0 Å². The van der Waals surface area contributed by atoms with Crippen molar-refractivity contribution in [2.24, 2.45) is 0 Å². The minimum Gasteiger partial charge on any atom is -0.455 e. The van der Waals surface area contributed by atoms with E-state index in [1.807, 2.05) is 13.0 Å². The summed E-state index contributed by atoms with van der Waals surface area (Å²) in [7, 11) is 1.54. The van der Waals surface area contributed by atoms with Crippen molar-refractivity contribution in [3.05, 3.63) is 90.9 Å². The van der Waals surface area contributed by atoms with Crippen molar-refractivity contribution >= 4 is 34.1 Å². The average molecular weight is 444 g/mol. The molecule has 2 aromatic carbocycles. The van der Waals surface area contributed by atoms with Crippen LogP contribution in [0.15, 0.2) is 85.2 Å². The molecule has 0 aliphatic heterocycles. The molecule has 3 aromatic rings. The monoisotopic (exact) mass is 443 g/mol. The van der Waals surface area contributed by atoms with Gasteiger partial charge in [0, 0.05) is 34.9 Å². The maximum absolute atomic E-state index is 12.2. The number of fused-ring (bicyclic) bond motifs is 1. The van der Waals surface area contributed by atoms with Crippen LogP contribution < -0.4 is 26.4 Å². The fourth-order valence-corrected chi connectivity index (χ4v) is 3.09. The summed E-state index contributed by atoms with van der Waals surface area (Å²) < 4.78 is 6.00. The van der Waals surface area contributed by atoms with E-state index in [1.165, 1.54) is 6.20 Å². The normalized spacial score (nSPS) is 11.3. The number of carbonyl (C=O) groups excluding carboxylic acids is 2. The Labute approximate surface area is 191 Å². The van der Waals surface area contributed by atoms with Crippen molar-refractivity contribution in [1.29, 1.82) is 0 Å². The molecule has 0 aliphatic carbocycles. The number of hydrogen-bond acceptors (Lipinski definition) is 5. The second kappa shape index (κ2) is 10.6. The Morgan fingerprint density at radius 1 is 1.12 bits per heavy atom. The summed E-state index contributed by atoms with van der Waals surface area (Å²) >= 11 is 0. The summed E-state index contributed by atoms with van der Waals surface area (Å²) in [5.41, 5.74) is 7.89. The van der Waals surface area contributed by atoms with Crippen molar-refractivity contribution in [1.82, 2.24) is 15.6 Å². The molecule has 5 N–H and O–H groups in total. The van der Waals surface area contributed by atoms with Crippen LogP contribution in [0.3, 0.4) is 0 Å². The third-order valence-corrected chi connectivity index (χ3v) is 4.56. The van der Waals surface area contributed by atoms with Gasteiger partial charge in [0.2, 0.25) is 0 Å². The highest BCUT2D eigenvalue weighted by Gasteiger charge is 2.15. The van der Waals surface area contributed by atoms with E-state index in [9.17, 15) is 9.59 Å². The number of urea groups is 1. The number of nitrogens with zero attached hydrogens (tertiary/aromatic N) is 1. The van der Waals surface area contributed by atoms with Gasteiger partial charge in [0.25, 0.3) is 5.91 Å². The van der Waals surface area contributed by atoms with Gasteiger partial charge in [-0.05, 0) is 61.5 Å². The first kappa shape index (κ1) is 23.1. The van der Waals surface area contributed by atoms with Crippen LogP contribution in [0.4, 0.5) is 16.2 Å². The Kier molecular flexibility index (Phi) is 7.43. The number of hydrogen-bond donors (Lipinski definition) is 4. The molecule has 33 heavy (non-hydrogen) atoms. The first-order valence-electron chi connectivity index (χ1n) is 10.2. The molecule has 1 heterocycles. The maximum atomic E-state index is 12.2. The van der Waals surface area contributed by atoms with Crippen LogP contribution in [0.25, 0.3) is 10.8 Å². The number of nitrogens with two attached hydrogens (primary N) is 1. The molecule has 0 spiro atoms. The van der Waals surface area contributed by atoms with Crippen LogP contribution in [-0.4, -0.2) is 24.0 Å². The van der Waals surface area contributed by atoms with Crippen molar-refractivity contribution < 1.29 is 14.3 Å². The van der Waals surface area contributed by atoms with Gasteiger partial charge in [0.05, 0.1) is 6.20 Å². The van der Waals surface area contributed by atoms with Crippen molar-refractivity contribution in [3.8, 4) is 11.5 Å². The summed E-state index contributed by atoms with van der Waals surface area (Å²) in [5.74, 6) is 0.697. The Bertz CT molecular complexity index is 1250. The van der Waals surface area contributed by atoms with E-state index in [1.54, 1.807) is 67.7 Å². The molecule has 168 valence electrons. The molecule has 3 amide bonds. The van der Waals surface area contributed by atoms with Crippen LogP contribution in [0.1, 0.15) is 17.4 Å². The number of amides is 3. The summed E-state index contributed by atoms with van der Waals surface area (Å²) in [6.45, 7) is 5.49. The van der Waals surface area contributed by atoms with Crippen LogP contribution in [-0.2, 0) is 0 Å². The second-order valence-corrected chi connectivity index (χ2v) is 6.92. The lowest BCUT2D eigenvalue weighted by Crippen LogP contribution is -2.27. The fourth-order valence-electron chi connectivity index (χ4n) is 3.09. The topological polar surface area (TPSA) is 118 Å². The first-order valence-corrected chi connectivity index (χ1v) is 10.2. The third kappa shape index (κ3) is 5.76. The molecule has 3 rings (SSSR count). The molecule has 0 atom stereocenters. The molecule has 0 fully saturated rings. The third-order valence-electron chi connectivity index (χ3n) is 4.56. The van der Waals surface area contributed by atoms with Gasteiger partial charge >= 0.3 is 6.03 Å². The fraction of sp³-hybridized carbons (Fsp3) is 0.0800. The van der Waals surface area contributed by atoms with Crippen molar-refractivity contribution in [2.75, 3.05) is 18.1 Å². The molecule has 0 unspecified atom stereocenters. The van der Waals surface area contributed by atoms with E-state index in [4.69, 9.17) is 10.5 Å². The molecule has 1 aromatic heterocycles. The van der Waals surface area contributed by atoms with E-state index >= 15 is 0 Å². The van der Waals surface area contributed by atoms with Gasteiger partial charge < -0.3 is 26.4 Å². The lowest BCUT2D eigenvalue weighted by Gasteiger charge is -2.12. The van der Waals surface area contributed by atoms with Crippen LogP contribution in [0.2, 0.25) is 0 Å². The Morgan fingerprint density at radius 3 is 2.55 bits per heavy atom. The molecule has 0 aliphatic rings. The number of benzene rings is 2. The van der Waals surface area contributed by atoms with Crippen LogP contribution >= 0.6 is 0 Å². The number of pyridine rings is 1. The SMILES string of the molecule is C=C/C=C(\C=C/C)NC(=O)Nc1ccc(Oc2cnc(C(=O)NC)c3cc(N)ccc23)cc1. The highest BCUT2D eigenvalue weighted by Crippen LogP contribution is 2.32. The van der Waals surface area contributed by atoms with E-state index in [2.05, 4.69) is 27.5 Å². The first-order chi connectivity index (χ1) is 15.9. The van der Waals surface area contributed by atoms with E-state index < -0.39 is 0 Å². The van der Waals surface area contributed by atoms with Gasteiger partial charge in [-0.25, -0.2) is 9.78 Å². The Morgan fingerprint density at radius 2 is 1.88 bits per heavy atom. The molecule has 0 saturated carbocycles. The second-order valence-electron chi connectivity index (χ2n) is 6.92. The van der Waals surface area contributed by atoms with E-state index in [0.29, 0.717) is 39.3 Å². The zero-order chi connectivity index (χ0) is 23.8. The number of nitrogens with one attached hydrogen (secondary N) is 3. The summed E-state index contributed by atoms with van der Waals surface area (Å²) in [6.07, 6.45) is 8.36. The number of carbonyl (C=O) groups is 2. The minimum atomic E-state index is -0.382. The maximum Gasteiger partial charge on any atom is 0.323 e. The molecule has 8 heteroatoms. The minimum absolute atomic E-state index is 0.264. The quantitative estimate of drug-likeness (QED) is 0.311. The number of nitrogen functional groups attached to an aromatic ring is 1. The zero-order valence-corrected chi connectivity index (χ0v) is 18.4. The molecular formula is C25H25N5O3. The van der Waals surface area contributed by atoms with Crippen LogP contribution in [0.5, 0.6) is 11.5 Å². The average Bonchev–Trinajstić information content (AvgIpc) is 2.80.